The number of oxime groups is 1. The molecule has 5 nitrogen and oxygen atoms in total. The lowest BCUT2D eigenvalue weighted by molar-refractivity contribution is -0.856. The molecular weight excluding hydrogens is 278 g/mol. The lowest BCUT2D eigenvalue weighted by Gasteiger charge is -2.11. The Morgan fingerprint density at radius 1 is 1.45 bits per heavy atom. The highest BCUT2D eigenvalue weighted by Gasteiger charge is 2.28. The van der Waals surface area contributed by atoms with Gasteiger partial charge in [-0.3, -0.25) is 4.79 Å². The Bertz CT molecular complexity index is 500. The first-order valence-electron chi connectivity index (χ1n) is 6.61. The fourth-order valence-corrected chi connectivity index (χ4v) is 2.01. The van der Waals surface area contributed by atoms with E-state index in [0.29, 0.717) is 18.0 Å². The summed E-state index contributed by atoms with van der Waals surface area (Å²) >= 11 is 5.84. The minimum Gasteiger partial charge on any atom is -0.382 e. The fourth-order valence-electron chi connectivity index (χ4n) is 1.88. The second kappa shape index (κ2) is 6.72. The summed E-state index contributed by atoms with van der Waals surface area (Å²) in [5.74, 6) is -0.112. The first kappa shape index (κ1) is 14.8. The van der Waals surface area contributed by atoms with Crippen molar-refractivity contribution in [3.63, 3.8) is 0 Å². The number of likely N-dealkylation sites (N-methyl/N-ethyl adjacent to an activating group) is 1. The van der Waals surface area contributed by atoms with Gasteiger partial charge >= 0.3 is 0 Å². The number of rotatable bonds is 5. The maximum absolute atomic E-state index is 11.9. The van der Waals surface area contributed by atoms with Crippen LogP contribution in [0, 0.1) is 0 Å². The van der Waals surface area contributed by atoms with Gasteiger partial charge in [0, 0.05) is 11.4 Å². The van der Waals surface area contributed by atoms with E-state index in [9.17, 15) is 4.79 Å². The third-order valence-corrected chi connectivity index (χ3v) is 3.31. The fraction of sp³-hybridized carbons (Fsp3) is 0.429. The van der Waals surface area contributed by atoms with Crippen LogP contribution in [0.5, 0.6) is 0 Å². The highest BCUT2D eigenvalue weighted by Crippen LogP contribution is 2.18. The molecule has 0 aliphatic carbocycles. The quantitative estimate of drug-likeness (QED) is 0.809. The molecule has 2 rings (SSSR count). The molecular formula is C14H19ClN3O2+. The summed E-state index contributed by atoms with van der Waals surface area (Å²) in [6.45, 7) is 1.51. The van der Waals surface area contributed by atoms with E-state index in [0.717, 1.165) is 17.8 Å². The van der Waals surface area contributed by atoms with Crippen molar-refractivity contribution in [3.8, 4) is 0 Å². The van der Waals surface area contributed by atoms with E-state index >= 15 is 0 Å². The molecule has 20 heavy (non-hydrogen) atoms. The van der Waals surface area contributed by atoms with E-state index in [1.165, 1.54) is 4.90 Å². The molecule has 1 aliphatic heterocycles. The standard InChI is InChI=1S/C14H18ClN3O2/c1-18(2)8-7-16-14(19)13-9-12(17-20-13)10-3-5-11(15)6-4-10/h3-6,13H,7-9H2,1-2H3,(H,16,19)/p+1/t13-/m0/s1. The molecule has 0 spiro atoms. The van der Waals surface area contributed by atoms with Gasteiger partial charge in [0.25, 0.3) is 5.91 Å². The van der Waals surface area contributed by atoms with Crippen LogP contribution in [0.25, 0.3) is 0 Å². The average Bonchev–Trinajstić information content (AvgIpc) is 2.88. The van der Waals surface area contributed by atoms with Crippen LogP contribution >= 0.6 is 11.6 Å². The zero-order valence-electron chi connectivity index (χ0n) is 11.6. The normalized spacial score (nSPS) is 17.8. The Morgan fingerprint density at radius 3 is 2.80 bits per heavy atom. The van der Waals surface area contributed by atoms with Crippen molar-refractivity contribution in [3.05, 3.63) is 34.9 Å². The highest BCUT2D eigenvalue weighted by atomic mass is 35.5. The van der Waals surface area contributed by atoms with Crippen molar-refractivity contribution in [2.45, 2.75) is 12.5 Å². The van der Waals surface area contributed by atoms with Crippen molar-refractivity contribution in [1.29, 1.82) is 0 Å². The number of quaternary nitrogens is 1. The minimum atomic E-state index is -0.530. The number of amides is 1. The monoisotopic (exact) mass is 296 g/mol. The van der Waals surface area contributed by atoms with Crippen LogP contribution < -0.4 is 10.2 Å². The van der Waals surface area contributed by atoms with E-state index in [1.807, 2.05) is 26.2 Å². The molecule has 0 fully saturated rings. The minimum absolute atomic E-state index is 0.112. The Hall–Kier alpha value is -1.59. The van der Waals surface area contributed by atoms with Crippen molar-refractivity contribution in [2.75, 3.05) is 27.2 Å². The summed E-state index contributed by atoms with van der Waals surface area (Å²) in [4.78, 5) is 18.4. The molecule has 0 aromatic heterocycles. The van der Waals surface area contributed by atoms with Crippen molar-refractivity contribution in [2.24, 2.45) is 5.16 Å². The second-order valence-electron chi connectivity index (χ2n) is 5.09. The molecule has 108 valence electrons. The van der Waals surface area contributed by atoms with E-state index in [2.05, 4.69) is 10.5 Å². The number of benzene rings is 1. The molecule has 2 N–H and O–H groups in total. The van der Waals surface area contributed by atoms with E-state index in [-0.39, 0.29) is 5.91 Å². The predicted octanol–water partition coefficient (Wildman–Crippen LogP) is 0.0937. The molecule has 1 aromatic rings. The number of carbonyl (C=O) groups is 1. The molecule has 1 aliphatic rings. The zero-order chi connectivity index (χ0) is 14.5. The predicted molar refractivity (Wildman–Crippen MR) is 78.2 cm³/mol. The number of nitrogens with one attached hydrogen (secondary N) is 2. The van der Waals surface area contributed by atoms with Gasteiger partial charge in [0.1, 0.15) is 0 Å². The van der Waals surface area contributed by atoms with Crippen molar-refractivity contribution < 1.29 is 14.5 Å². The van der Waals surface area contributed by atoms with Crippen LogP contribution in [-0.2, 0) is 9.63 Å². The van der Waals surface area contributed by atoms with Gasteiger partial charge in [-0.15, -0.1) is 0 Å². The van der Waals surface area contributed by atoms with Gasteiger partial charge in [-0.1, -0.05) is 28.9 Å². The summed E-state index contributed by atoms with van der Waals surface area (Å²) in [6.07, 6.45) is -0.0414. The highest BCUT2D eigenvalue weighted by molar-refractivity contribution is 6.30. The van der Waals surface area contributed by atoms with Crippen LogP contribution in [0.1, 0.15) is 12.0 Å². The van der Waals surface area contributed by atoms with Crippen LogP contribution in [0.15, 0.2) is 29.4 Å². The first-order valence-corrected chi connectivity index (χ1v) is 6.99. The van der Waals surface area contributed by atoms with Gasteiger partial charge < -0.3 is 15.1 Å². The van der Waals surface area contributed by atoms with Crippen LogP contribution in [0.4, 0.5) is 0 Å². The maximum Gasteiger partial charge on any atom is 0.264 e. The molecule has 0 bridgehead atoms. The summed E-state index contributed by atoms with van der Waals surface area (Å²) < 4.78 is 0. The zero-order valence-corrected chi connectivity index (χ0v) is 12.4. The van der Waals surface area contributed by atoms with Gasteiger partial charge in [-0.25, -0.2) is 0 Å². The lowest BCUT2D eigenvalue weighted by Crippen LogP contribution is -3.06. The summed E-state index contributed by atoms with van der Waals surface area (Å²) in [5.41, 5.74) is 1.71. The Balaban J connectivity index is 1.84. The molecule has 1 heterocycles. The molecule has 0 radical (unpaired) electrons. The number of carbonyl (C=O) groups excluding carboxylic acids is 1. The third kappa shape index (κ3) is 3.95. The molecule has 1 amide bonds. The molecule has 1 aromatic carbocycles. The average molecular weight is 297 g/mol. The molecule has 6 heteroatoms. The largest absolute Gasteiger partial charge is 0.382 e. The van der Waals surface area contributed by atoms with Crippen LogP contribution in [0.3, 0.4) is 0 Å². The SMILES string of the molecule is C[NH+](C)CCNC(=O)[C@@H]1CC(c2ccc(Cl)cc2)=NO1. The van der Waals surface area contributed by atoms with E-state index in [1.54, 1.807) is 12.1 Å². The smallest absolute Gasteiger partial charge is 0.264 e. The Morgan fingerprint density at radius 2 is 2.15 bits per heavy atom. The maximum atomic E-state index is 11.9. The van der Waals surface area contributed by atoms with Gasteiger partial charge in [-0.2, -0.15) is 0 Å². The summed E-state index contributed by atoms with van der Waals surface area (Å²) in [6, 6.07) is 7.35. The van der Waals surface area contributed by atoms with Gasteiger partial charge in [0.2, 0.25) is 6.10 Å². The summed E-state index contributed by atoms with van der Waals surface area (Å²) in [5, 5.41) is 7.52. The molecule has 0 saturated heterocycles. The van der Waals surface area contributed by atoms with Crippen LogP contribution in [0.2, 0.25) is 5.02 Å². The van der Waals surface area contributed by atoms with Gasteiger partial charge in [-0.05, 0) is 17.7 Å². The van der Waals surface area contributed by atoms with Gasteiger partial charge in [0.05, 0.1) is 32.9 Å². The first-order chi connectivity index (χ1) is 9.56. The topological polar surface area (TPSA) is 55.1 Å². The number of hydrogen-bond acceptors (Lipinski definition) is 3. The van der Waals surface area contributed by atoms with E-state index < -0.39 is 6.10 Å². The van der Waals surface area contributed by atoms with Crippen molar-refractivity contribution >= 4 is 23.2 Å². The van der Waals surface area contributed by atoms with Crippen molar-refractivity contribution in [1.82, 2.24) is 5.32 Å². The molecule has 0 saturated carbocycles. The van der Waals surface area contributed by atoms with Crippen LogP contribution in [-0.4, -0.2) is 44.9 Å². The number of nitrogens with zero attached hydrogens (tertiary/aromatic N) is 1. The lowest BCUT2D eigenvalue weighted by atomic mass is 10.0. The van der Waals surface area contributed by atoms with Gasteiger partial charge in [0.15, 0.2) is 0 Å². The second-order valence-corrected chi connectivity index (χ2v) is 5.53. The Labute approximate surface area is 123 Å². The number of hydrogen-bond donors (Lipinski definition) is 2. The summed E-state index contributed by atoms with van der Waals surface area (Å²) in [7, 11) is 4.08. The molecule has 0 unspecified atom stereocenters. The third-order valence-electron chi connectivity index (χ3n) is 3.06. The Kier molecular flexibility index (Phi) is 4.98. The molecule has 1 atom stereocenters. The number of halogens is 1. The van der Waals surface area contributed by atoms with E-state index in [4.69, 9.17) is 16.4 Å².